The van der Waals surface area contributed by atoms with E-state index in [0.717, 1.165) is 22.4 Å². The Morgan fingerprint density at radius 2 is 2.00 bits per heavy atom. The van der Waals surface area contributed by atoms with Gasteiger partial charge in [0.2, 0.25) is 10.0 Å². The highest BCUT2D eigenvalue weighted by atomic mass is 32.2. The van der Waals surface area contributed by atoms with Gasteiger partial charge in [-0.3, -0.25) is 0 Å². The van der Waals surface area contributed by atoms with Gasteiger partial charge in [-0.2, -0.15) is 0 Å². The zero-order valence-corrected chi connectivity index (χ0v) is 14.7. The monoisotopic (exact) mass is 357 g/mol. The topological polar surface area (TPSA) is 73.2 Å². The summed E-state index contributed by atoms with van der Waals surface area (Å²) < 4.78 is 35.4. The number of benzene rings is 2. The van der Waals surface area contributed by atoms with Crippen molar-refractivity contribution in [3.05, 3.63) is 59.9 Å². The van der Waals surface area contributed by atoms with Gasteiger partial charge in [0.15, 0.2) is 0 Å². The van der Waals surface area contributed by atoms with Gasteiger partial charge in [0.05, 0.1) is 28.6 Å². The minimum atomic E-state index is -3.55. The van der Waals surface area contributed by atoms with Crippen molar-refractivity contribution in [1.82, 2.24) is 14.3 Å². The molecule has 1 aliphatic heterocycles. The Bertz CT molecular complexity index is 1010. The van der Waals surface area contributed by atoms with Crippen LogP contribution in [-0.4, -0.2) is 31.1 Å². The van der Waals surface area contributed by atoms with Crippen molar-refractivity contribution < 1.29 is 13.2 Å². The molecule has 0 fully saturated rings. The number of hydrogen-bond donors (Lipinski definition) is 1. The molecule has 2 aromatic carbocycles. The Morgan fingerprint density at radius 3 is 2.80 bits per heavy atom. The number of nitrogens with zero attached hydrogens (tertiary/aromatic N) is 2. The van der Waals surface area contributed by atoms with E-state index in [1.807, 2.05) is 25.1 Å². The molecule has 4 rings (SSSR count). The molecule has 7 heteroatoms. The number of nitrogens with one attached hydrogen (secondary N) is 1. The number of aryl methyl sites for hydroxylation is 1. The quantitative estimate of drug-likeness (QED) is 0.778. The number of hydrogen-bond acceptors (Lipinski definition) is 4. The molecule has 0 spiro atoms. The second-order valence-electron chi connectivity index (χ2n) is 6.17. The van der Waals surface area contributed by atoms with Gasteiger partial charge in [-0.05, 0) is 30.7 Å². The van der Waals surface area contributed by atoms with E-state index in [1.54, 1.807) is 30.3 Å². The van der Waals surface area contributed by atoms with E-state index in [2.05, 4.69) is 14.3 Å². The van der Waals surface area contributed by atoms with E-state index in [-0.39, 0.29) is 17.5 Å². The number of fused-ring (bicyclic) bond motifs is 3. The number of rotatable bonds is 4. The zero-order chi connectivity index (χ0) is 17.4. The molecule has 2 heterocycles. The first-order valence-electron chi connectivity index (χ1n) is 8.15. The molecule has 25 heavy (non-hydrogen) atoms. The first-order valence-corrected chi connectivity index (χ1v) is 9.63. The average molecular weight is 357 g/mol. The van der Waals surface area contributed by atoms with Crippen molar-refractivity contribution >= 4 is 21.1 Å². The third kappa shape index (κ3) is 2.95. The third-order valence-electron chi connectivity index (χ3n) is 4.46. The summed E-state index contributed by atoms with van der Waals surface area (Å²) in [5.74, 6) is 0.833. The van der Waals surface area contributed by atoms with Crippen LogP contribution in [0.1, 0.15) is 17.4 Å². The fraction of sp³-hybridized carbons (Fsp3) is 0.278. The highest BCUT2D eigenvalue weighted by Crippen LogP contribution is 2.27. The van der Waals surface area contributed by atoms with Crippen LogP contribution in [-0.2, 0) is 21.4 Å². The highest BCUT2D eigenvalue weighted by Gasteiger charge is 2.26. The molecule has 0 bridgehead atoms. The van der Waals surface area contributed by atoms with Gasteiger partial charge in [0, 0.05) is 6.54 Å². The van der Waals surface area contributed by atoms with Crippen LogP contribution < -0.4 is 4.72 Å². The Kier molecular flexibility index (Phi) is 4.07. The molecule has 0 radical (unpaired) electrons. The number of aromatic nitrogens is 2. The molecule has 1 aliphatic rings. The normalized spacial score (nSPS) is 17.6. The Hall–Kier alpha value is -2.22. The lowest BCUT2D eigenvalue weighted by Gasteiger charge is -2.26. The summed E-state index contributed by atoms with van der Waals surface area (Å²) in [6.45, 7) is 3.17. The van der Waals surface area contributed by atoms with Crippen molar-refractivity contribution in [3.8, 4) is 0 Å². The molecule has 6 nitrogen and oxygen atoms in total. The predicted molar refractivity (Wildman–Crippen MR) is 94.8 cm³/mol. The second kappa shape index (κ2) is 6.25. The van der Waals surface area contributed by atoms with Crippen molar-refractivity contribution in [3.63, 3.8) is 0 Å². The van der Waals surface area contributed by atoms with Gasteiger partial charge in [-0.15, -0.1) is 0 Å². The minimum absolute atomic E-state index is 0.131. The molecule has 1 atom stereocenters. The van der Waals surface area contributed by atoms with Crippen LogP contribution in [0.4, 0.5) is 0 Å². The molecule has 0 unspecified atom stereocenters. The molecular weight excluding hydrogens is 338 g/mol. The summed E-state index contributed by atoms with van der Waals surface area (Å²) in [6, 6.07) is 14.3. The summed E-state index contributed by atoms with van der Waals surface area (Å²) in [5, 5.41) is 0. The number of ether oxygens (including phenoxy) is 1. The zero-order valence-electron chi connectivity index (χ0n) is 13.8. The van der Waals surface area contributed by atoms with E-state index >= 15 is 0 Å². The van der Waals surface area contributed by atoms with Crippen LogP contribution in [0.15, 0.2) is 53.4 Å². The van der Waals surface area contributed by atoms with E-state index in [1.165, 1.54) is 0 Å². The molecular formula is C18H19N3O3S. The summed E-state index contributed by atoms with van der Waals surface area (Å²) >= 11 is 0. The number of para-hydroxylation sites is 1. The average Bonchev–Trinajstić information content (AvgIpc) is 3.02. The minimum Gasteiger partial charge on any atom is -0.371 e. The van der Waals surface area contributed by atoms with Crippen molar-refractivity contribution in [2.45, 2.75) is 24.5 Å². The molecule has 0 aliphatic carbocycles. The predicted octanol–water partition coefficient (Wildman–Crippen LogP) is 2.39. The highest BCUT2D eigenvalue weighted by molar-refractivity contribution is 7.89. The maximum absolute atomic E-state index is 12.5. The molecule has 3 aromatic rings. The van der Waals surface area contributed by atoms with Gasteiger partial charge in [-0.1, -0.05) is 30.3 Å². The van der Waals surface area contributed by atoms with Crippen molar-refractivity contribution in [2.24, 2.45) is 0 Å². The van der Waals surface area contributed by atoms with Gasteiger partial charge >= 0.3 is 0 Å². The molecule has 0 amide bonds. The number of sulfonamides is 1. The lowest BCUT2D eigenvalue weighted by molar-refractivity contribution is 0.0581. The van der Waals surface area contributed by atoms with Crippen LogP contribution in [0, 0.1) is 6.92 Å². The van der Waals surface area contributed by atoms with E-state index in [9.17, 15) is 8.42 Å². The van der Waals surface area contributed by atoms with E-state index in [0.29, 0.717) is 13.2 Å². The lowest BCUT2D eigenvalue weighted by atomic mass is 10.2. The smallest absolute Gasteiger partial charge is 0.240 e. The summed E-state index contributed by atoms with van der Waals surface area (Å²) in [7, 11) is -3.55. The fourth-order valence-corrected chi connectivity index (χ4v) is 4.31. The van der Waals surface area contributed by atoms with E-state index in [4.69, 9.17) is 4.74 Å². The molecule has 0 saturated heterocycles. The largest absolute Gasteiger partial charge is 0.371 e. The summed E-state index contributed by atoms with van der Waals surface area (Å²) in [5.41, 5.74) is 3.06. The fourth-order valence-electron chi connectivity index (χ4n) is 3.21. The van der Waals surface area contributed by atoms with Crippen LogP contribution in [0.25, 0.3) is 11.0 Å². The van der Waals surface area contributed by atoms with Crippen LogP contribution >= 0.6 is 0 Å². The summed E-state index contributed by atoms with van der Waals surface area (Å²) in [4.78, 5) is 4.93. The maximum Gasteiger partial charge on any atom is 0.240 e. The van der Waals surface area contributed by atoms with Crippen molar-refractivity contribution in [1.29, 1.82) is 0 Å². The Labute approximate surface area is 146 Å². The first kappa shape index (κ1) is 16.3. The molecule has 0 saturated carbocycles. The Balaban J connectivity index is 1.64. The maximum atomic E-state index is 12.5. The van der Waals surface area contributed by atoms with E-state index < -0.39 is 10.0 Å². The summed E-state index contributed by atoms with van der Waals surface area (Å²) in [6.07, 6.45) is 0. The molecule has 1 N–H and O–H groups in total. The molecule has 130 valence electrons. The van der Waals surface area contributed by atoms with Crippen LogP contribution in [0.3, 0.4) is 0 Å². The second-order valence-corrected chi connectivity index (χ2v) is 7.94. The third-order valence-corrected chi connectivity index (χ3v) is 5.90. The molecule has 1 aromatic heterocycles. The van der Waals surface area contributed by atoms with Crippen LogP contribution in [0.2, 0.25) is 0 Å². The number of imidazole rings is 1. The van der Waals surface area contributed by atoms with Gasteiger partial charge in [0.1, 0.15) is 12.4 Å². The first-order chi connectivity index (χ1) is 12.1. The van der Waals surface area contributed by atoms with Gasteiger partial charge in [-0.25, -0.2) is 18.1 Å². The van der Waals surface area contributed by atoms with Crippen LogP contribution in [0.5, 0.6) is 0 Å². The SMILES string of the molecule is Cc1cccc2c1nc1n2[C@@H](CNS(=O)(=O)c2ccccc2)COC1. The van der Waals surface area contributed by atoms with Crippen molar-refractivity contribution in [2.75, 3.05) is 13.2 Å². The Morgan fingerprint density at radius 1 is 1.20 bits per heavy atom. The van der Waals surface area contributed by atoms with Gasteiger partial charge in [0.25, 0.3) is 0 Å². The lowest BCUT2D eigenvalue weighted by Crippen LogP contribution is -2.35. The van der Waals surface area contributed by atoms with Gasteiger partial charge < -0.3 is 9.30 Å². The standard InChI is InChI=1S/C18H19N3O3S/c1-13-6-5-9-16-18(13)20-17-12-24-11-14(21(16)17)10-19-25(22,23)15-7-3-2-4-8-15/h2-9,14,19H,10-12H2,1H3/t14-/m0/s1.